The van der Waals surface area contributed by atoms with Gasteiger partial charge in [-0.05, 0) is 73.1 Å². The van der Waals surface area contributed by atoms with E-state index in [1.165, 1.54) is 12.1 Å². The van der Waals surface area contributed by atoms with Crippen molar-refractivity contribution >= 4 is 33.9 Å². The highest BCUT2D eigenvalue weighted by atomic mass is 32.1. The number of nitrogens with zero attached hydrogens (tertiary/aromatic N) is 1. The van der Waals surface area contributed by atoms with Crippen molar-refractivity contribution in [1.82, 2.24) is 9.88 Å². The van der Waals surface area contributed by atoms with E-state index in [0.29, 0.717) is 23.8 Å². The Labute approximate surface area is 191 Å². The Balaban J connectivity index is 1.68. The number of fused-ring (bicyclic) bond motifs is 1. The van der Waals surface area contributed by atoms with Gasteiger partial charge in [-0.15, -0.1) is 0 Å². The van der Waals surface area contributed by atoms with Crippen LogP contribution in [0.1, 0.15) is 22.3 Å². The van der Waals surface area contributed by atoms with E-state index in [2.05, 4.69) is 16.4 Å². The van der Waals surface area contributed by atoms with Gasteiger partial charge in [-0.25, -0.2) is 4.39 Å². The monoisotopic (exact) mass is 445 g/mol. The molecule has 0 bridgehead atoms. The van der Waals surface area contributed by atoms with E-state index < -0.39 is 0 Å². The third-order valence-corrected chi connectivity index (χ3v) is 5.84. The van der Waals surface area contributed by atoms with Gasteiger partial charge in [0.15, 0.2) is 5.11 Å². The number of nitrogens with one attached hydrogen (secondary N) is 2. The van der Waals surface area contributed by atoms with Gasteiger partial charge < -0.3 is 15.2 Å². The molecule has 4 aromatic rings. The number of thiocarbonyl (C=S) groups is 1. The van der Waals surface area contributed by atoms with E-state index in [1.54, 1.807) is 12.1 Å². The summed E-state index contributed by atoms with van der Waals surface area (Å²) in [6.07, 6.45) is 0. The van der Waals surface area contributed by atoms with Gasteiger partial charge in [0.25, 0.3) is 5.56 Å². The van der Waals surface area contributed by atoms with E-state index in [-0.39, 0.29) is 11.4 Å². The molecule has 0 saturated heterocycles. The Morgan fingerprint density at radius 1 is 0.969 bits per heavy atom. The van der Waals surface area contributed by atoms with Crippen LogP contribution in [0, 0.1) is 19.7 Å². The third kappa shape index (κ3) is 4.86. The number of aromatic nitrogens is 1. The molecule has 0 spiro atoms. The maximum absolute atomic E-state index is 13.4. The molecule has 0 amide bonds. The molecular weight excluding hydrogens is 421 g/mol. The molecule has 1 heterocycles. The predicted octanol–water partition coefficient (Wildman–Crippen LogP) is 5.68. The lowest BCUT2D eigenvalue weighted by Gasteiger charge is -2.26. The highest BCUT2D eigenvalue weighted by molar-refractivity contribution is 7.80. The number of hydrogen-bond acceptors (Lipinski definition) is 2. The summed E-state index contributed by atoms with van der Waals surface area (Å²) in [5.74, 6) is -0.290. The normalized spacial score (nSPS) is 10.8. The standard InChI is InChI=1S/C26H24FN3OS/c1-17-8-9-18(2)24-23(17)14-20(25(31)29-24)16-30(15-19-10-12-21(27)13-11-19)26(32)28-22-6-4-3-5-7-22/h3-14H,15-16H2,1-2H3,(H,28,32)(H,29,31). The Bertz CT molecular complexity index is 1320. The molecule has 0 aliphatic heterocycles. The molecule has 6 heteroatoms. The number of anilines is 1. The summed E-state index contributed by atoms with van der Waals surface area (Å²) < 4.78 is 13.4. The van der Waals surface area contributed by atoms with E-state index >= 15 is 0 Å². The summed E-state index contributed by atoms with van der Waals surface area (Å²) >= 11 is 5.70. The quantitative estimate of drug-likeness (QED) is 0.388. The molecule has 0 atom stereocenters. The second-order valence-corrected chi connectivity index (χ2v) is 8.28. The minimum atomic E-state index is -0.290. The Morgan fingerprint density at radius 3 is 2.38 bits per heavy atom. The second kappa shape index (κ2) is 9.32. The van der Waals surface area contributed by atoms with Crippen LogP contribution >= 0.6 is 12.2 Å². The van der Waals surface area contributed by atoms with E-state index in [4.69, 9.17) is 12.2 Å². The van der Waals surface area contributed by atoms with Crippen molar-refractivity contribution in [1.29, 1.82) is 0 Å². The Kier molecular flexibility index (Phi) is 6.32. The number of hydrogen-bond donors (Lipinski definition) is 2. The largest absolute Gasteiger partial charge is 0.340 e. The molecule has 2 N–H and O–H groups in total. The van der Waals surface area contributed by atoms with Crippen LogP contribution < -0.4 is 10.9 Å². The molecule has 162 valence electrons. The van der Waals surface area contributed by atoms with Gasteiger partial charge in [0.1, 0.15) is 5.82 Å². The first-order valence-corrected chi connectivity index (χ1v) is 10.8. The topological polar surface area (TPSA) is 48.1 Å². The molecule has 4 rings (SSSR count). The van der Waals surface area contributed by atoms with Crippen LogP contribution in [0.3, 0.4) is 0 Å². The van der Waals surface area contributed by atoms with E-state index in [0.717, 1.165) is 33.3 Å². The summed E-state index contributed by atoms with van der Waals surface area (Å²) in [4.78, 5) is 17.9. The van der Waals surface area contributed by atoms with Crippen molar-refractivity contribution in [2.45, 2.75) is 26.9 Å². The fraction of sp³-hybridized carbons (Fsp3) is 0.154. The van der Waals surface area contributed by atoms with Gasteiger partial charge in [0.05, 0.1) is 12.1 Å². The molecule has 0 saturated carbocycles. The Hall–Kier alpha value is -3.51. The number of H-pyrrole nitrogens is 1. The highest BCUT2D eigenvalue weighted by Crippen LogP contribution is 2.21. The smallest absolute Gasteiger partial charge is 0.253 e. The summed E-state index contributed by atoms with van der Waals surface area (Å²) in [7, 11) is 0. The van der Waals surface area contributed by atoms with Crippen molar-refractivity contribution in [3.05, 3.63) is 111 Å². The zero-order valence-corrected chi connectivity index (χ0v) is 18.8. The molecule has 0 unspecified atom stereocenters. The maximum Gasteiger partial charge on any atom is 0.253 e. The number of para-hydroxylation sites is 1. The third-order valence-electron chi connectivity index (χ3n) is 5.48. The van der Waals surface area contributed by atoms with Crippen molar-refractivity contribution in [2.24, 2.45) is 0 Å². The van der Waals surface area contributed by atoms with Crippen LogP contribution in [-0.2, 0) is 13.1 Å². The predicted molar refractivity (Wildman–Crippen MR) is 132 cm³/mol. The van der Waals surface area contributed by atoms with Crippen LogP contribution in [0.2, 0.25) is 0 Å². The number of aryl methyl sites for hydroxylation is 2. The van der Waals surface area contributed by atoms with Crippen molar-refractivity contribution < 1.29 is 4.39 Å². The van der Waals surface area contributed by atoms with Crippen LogP contribution in [0.5, 0.6) is 0 Å². The lowest BCUT2D eigenvalue weighted by Crippen LogP contribution is -2.35. The highest BCUT2D eigenvalue weighted by Gasteiger charge is 2.15. The summed E-state index contributed by atoms with van der Waals surface area (Å²) in [5, 5.41) is 4.75. The number of aromatic amines is 1. The fourth-order valence-electron chi connectivity index (χ4n) is 3.68. The molecule has 0 radical (unpaired) electrons. The van der Waals surface area contributed by atoms with Gasteiger partial charge in [0.2, 0.25) is 0 Å². The minimum absolute atomic E-state index is 0.141. The molecule has 0 aliphatic carbocycles. The van der Waals surface area contributed by atoms with Gasteiger partial charge >= 0.3 is 0 Å². The summed E-state index contributed by atoms with van der Waals surface area (Å²) in [6, 6.07) is 22.0. The number of benzene rings is 3. The summed E-state index contributed by atoms with van der Waals surface area (Å²) in [5.41, 5.74) is 5.21. The zero-order valence-electron chi connectivity index (χ0n) is 18.0. The molecule has 1 aromatic heterocycles. The van der Waals surface area contributed by atoms with Gasteiger partial charge in [-0.3, -0.25) is 4.79 Å². The fourth-order valence-corrected chi connectivity index (χ4v) is 3.92. The van der Waals surface area contributed by atoms with Gasteiger partial charge in [0, 0.05) is 23.2 Å². The van der Waals surface area contributed by atoms with Crippen LogP contribution in [0.25, 0.3) is 10.9 Å². The van der Waals surface area contributed by atoms with Crippen molar-refractivity contribution in [3.8, 4) is 0 Å². The number of rotatable bonds is 5. The average Bonchev–Trinajstić information content (AvgIpc) is 2.79. The van der Waals surface area contributed by atoms with E-state index in [9.17, 15) is 9.18 Å². The first-order valence-electron chi connectivity index (χ1n) is 10.4. The van der Waals surface area contributed by atoms with Crippen LogP contribution in [0.15, 0.2) is 77.6 Å². The molecular formula is C26H24FN3OS. The summed E-state index contributed by atoms with van der Waals surface area (Å²) in [6.45, 7) is 4.76. The zero-order chi connectivity index (χ0) is 22.7. The number of halogens is 1. The van der Waals surface area contributed by atoms with Crippen molar-refractivity contribution in [2.75, 3.05) is 5.32 Å². The lowest BCUT2D eigenvalue weighted by atomic mass is 10.0. The Morgan fingerprint density at radius 2 is 1.66 bits per heavy atom. The first-order chi connectivity index (χ1) is 15.4. The van der Waals surface area contributed by atoms with Gasteiger partial charge in [-0.2, -0.15) is 0 Å². The first kappa shape index (κ1) is 21.7. The van der Waals surface area contributed by atoms with Gasteiger partial charge in [-0.1, -0.05) is 42.5 Å². The SMILES string of the molecule is Cc1ccc(C)c2[nH]c(=O)c(CN(Cc3ccc(F)cc3)C(=S)Nc3ccccc3)cc12. The molecule has 4 nitrogen and oxygen atoms in total. The average molecular weight is 446 g/mol. The second-order valence-electron chi connectivity index (χ2n) is 7.89. The molecule has 0 fully saturated rings. The maximum atomic E-state index is 13.4. The van der Waals surface area contributed by atoms with Crippen molar-refractivity contribution in [3.63, 3.8) is 0 Å². The number of pyridine rings is 1. The van der Waals surface area contributed by atoms with E-state index in [1.807, 2.05) is 61.2 Å². The minimum Gasteiger partial charge on any atom is -0.340 e. The molecule has 32 heavy (non-hydrogen) atoms. The molecule has 0 aliphatic rings. The van der Waals surface area contributed by atoms with Crippen LogP contribution in [-0.4, -0.2) is 15.0 Å². The molecule has 3 aromatic carbocycles. The van der Waals surface area contributed by atoms with Crippen LogP contribution in [0.4, 0.5) is 10.1 Å². The lowest BCUT2D eigenvalue weighted by molar-refractivity contribution is 0.411.